The smallest absolute Gasteiger partial charge is 0.166 e. The third-order valence-electron chi connectivity index (χ3n) is 2.62. The Kier molecular flexibility index (Phi) is 4.98. The summed E-state index contributed by atoms with van der Waals surface area (Å²) in [6.07, 6.45) is 6.04. The Morgan fingerprint density at radius 3 is 2.50 bits per heavy atom. The maximum absolute atomic E-state index is 11.1. The van der Waals surface area contributed by atoms with Gasteiger partial charge < -0.3 is 10.6 Å². The molecule has 0 saturated heterocycles. The van der Waals surface area contributed by atoms with E-state index < -0.39 is 9.84 Å². The molecule has 94 valence electrons. The van der Waals surface area contributed by atoms with Crippen molar-refractivity contribution in [3.05, 3.63) is 0 Å². The SMILES string of the molecule is CC(CS(C)(=O)=O)NC(=S)NC1CCCC1. The highest BCUT2D eigenvalue weighted by atomic mass is 32.2. The van der Waals surface area contributed by atoms with Crippen LogP contribution in [0.25, 0.3) is 0 Å². The first-order valence-corrected chi connectivity index (χ1v) is 8.08. The third kappa shape index (κ3) is 5.65. The lowest BCUT2D eigenvalue weighted by Gasteiger charge is -2.19. The summed E-state index contributed by atoms with van der Waals surface area (Å²) in [5.41, 5.74) is 0. The quantitative estimate of drug-likeness (QED) is 0.737. The Balaban J connectivity index is 2.27. The van der Waals surface area contributed by atoms with Gasteiger partial charge >= 0.3 is 0 Å². The molecule has 0 aromatic rings. The Morgan fingerprint density at radius 1 is 1.44 bits per heavy atom. The average Bonchev–Trinajstić information content (AvgIpc) is 2.51. The third-order valence-corrected chi connectivity index (χ3v) is 3.96. The zero-order chi connectivity index (χ0) is 12.2. The minimum absolute atomic E-state index is 0.111. The highest BCUT2D eigenvalue weighted by molar-refractivity contribution is 7.90. The summed E-state index contributed by atoms with van der Waals surface area (Å²) in [6.45, 7) is 1.82. The molecule has 1 atom stereocenters. The van der Waals surface area contributed by atoms with E-state index >= 15 is 0 Å². The van der Waals surface area contributed by atoms with Crippen LogP contribution in [0.4, 0.5) is 0 Å². The zero-order valence-corrected chi connectivity index (χ0v) is 11.5. The molecule has 0 radical (unpaired) electrons. The maximum Gasteiger partial charge on any atom is 0.166 e. The van der Waals surface area contributed by atoms with Crippen LogP contribution in [0.2, 0.25) is 0 Å². The van der Waals surface area contributed by atoms with Crippen LogP contribution in [0.5, 0.6) is 0 Å². The van der Waals surface area contributed by atoms with Crippen molar-refractivity contribution in [2.24, 2.45) is 0 Å². The van der Waals surface area contributed by atoms with E-state index in [-0.39, 0.29) is 11.8 Å². The molecule has 4 nitrogen and oxygen atoms in total. The van der Waals surface area contributed by atoms with Crippen LogP contribution in [0.1, 0.15) is 32.6 Å². The van der Waals surface area contributed by atoms with E-state index in [2.05, 4.69) is 10.6 Å². The lowest BCUT2D eigenvalue weighted by atomic mass is 10.2. The molecule has 16 heavy (non-hydrogen) atoms. The molecule has 0 amide bonds. The van der Waals surface area contributed by atoms with Crippen LogP contribution in [0, 0.1) is 0 Å². The van der Waals surface area contributed by atoms with Gasteiger partial charge in [-0.2, -0.15) is 0 Å². The summed E-state index contributed by atoms with van der Waals surface area (Å²) in [4.78, 5) is 0. The summed E-state index contributed by atoms with van der Waals surface area (Å²) in [6, 6.07) is 0.321. The molecule has 1 aliphatic rings. The molecule has 0 heterocycles. The topological polar surface area (TPSA) is 58.2 Å². The first-order chi connectivity index (χ1) is 7.37. The van der Waals surface area contributed by atoms with E-state index in [0.717, 1.165) is 12.8 Å². The summed E-state index contributed by atoms with van der Waals surface area (Å²) >= 11 is 5.14. The van der Waals surface area contributed by atoms with Crippen LogP contribution < -0.4 is 10.6 Å². The van der Waals surface area contributed by atoms with E-state index in [1.165, 1.54) is 19.1 Å². The molecular weight excluding hydrogens is 244 g/mol. The Bertz CT molecular complexity index is 335. The van der Waals surface area contributed by atoms with Crippen molar-refractivity contribution in [2.75, 3.05) is 12.0 Å². The number of hydrogen-bond acceptors (Lipinski definition) is 3. The van der Waals surface area contributed by atoms with Crippen LogP contribution >= 0.6 is 12.2 Å². The predicted molar refractivity (Wildman–Crippen MR) is 70.3 cm³/mol. The fourth-order valence-corrected chi connectivity index (χ4v) is 3.38. The highest BCUT2D eigenvalue weighted by Gasteiger charge is 2.17. The van der Waals surface area contributed by atoms with Crippen molar-refractivity contribution in [1.29, 1.82) is 0 Å². The molecular formula is C10H20N2O2S2. The van der Waals surface area contributed by atoms with E-state index in [0.29, 0.717) is 11.2 Å². The molecule has 1 rings (SSSR count). The lowest BCUT2D eigenvalue weighted by Crippen LogP contribution is -2.46. The van der Waals surface area contributed by atoms with Gasteiger partial charge in [0, 0.05) is 18.3 Å². The monoisotopic (exact) mass is 264 g/mol. The van der Waals surface area contributed by atoms with Crippen LogP contribution in [-0.2, 0) is 9.84 Å². The Hall–Kier alpha value is -0.360. The summed E-state index contributed by atoms with van der Waals surface area (Å²) in [7, 11) is -2.95. The number of thiocarbonyl (C=S) groups is 1. The molecule has 0 bridgehead atoms. The zero-order valence-electron chi connectivity index (χ0n) is 9.82. The number of rotatable bonds is 4. The van der Waals surface area contributed by atoms with E-state index in [9.17, 15) is 8.42 Å². The average molecular weight is 264 g/mol. The summed E-state index contributed by atoms with van der Waals surface area (Å²) in [5.74, 6) is 0.111. The molecule has 6 heteroatoms. The predicted octanol–water partition coefficient (Wildman–Crippen LogP) is 0.826. The fraction of sp³-hybridized carbons (Fsp3) is 0.900. The molecule has 1 saturated carbocycles. The van der Waals surface area contributed by atoms with Gasteiger partial charge in [0.2, 0.25) is 0 Å². The van der Waals surface area contributed by atoms with Crippen molar-refractivity contribution in [3.63, 3.8) is 0 Å². The Labute approximate surface area is 103 Å². The molecule has 2 N–H and O–H groups in total. The standard InChI is InChI=1S/C10H20N2O2S2/c1-8(7-16(2,13)14)11-10(15)12-9-5-3-4-6-9/h8-9H,3-7H2,1-2H3,(H2,11,12,15). The Morgan fingerprint density at radius 2 is 2.00 bits per heavy atom. The summed E-state index contributed by atoms with van der Waals surface area (Å²) < 4.78 is 22.1. The molecule has 1 unspecified atom stereocenters. The molecule has 1 aliphatic carbocycles. The molecule has 0 spiro atoms. The van der Waals surface area contributed by atoms with E-state index in [1.807, 2.05) is 6.92 Å². The fourth-order valence-electron chi connectivity index (χ4n) is 2.02. The second kappa shape index (κ2) is 5.82. The van der Waals surface area contributed by atoms with Crippen molar-refractivity contribution < 1.29 is 8.42 Å². The van der Waals surface area contributed by atoms with Gasteiger partial charge in [-0.3, -0.25) is 0 Å². The first kappa shape index (κ1) is 13.7. The van der Waals surface area contributed by atoms with Gasteiger partial charge in [0.05, 0.1) is 5.75 Å². The number of hydrogen-bond donors (Lipinski definition) is 2. The van der Waals surface area contributed by atoms with Gasteiger partial charge in [-0.25, -0.2) is 8.42 Å². The van der Waals surface area contributed by atoms with Crippen LogP contribution in [-0.4, -0.2) is 37.6 Å². The van der Waals surface area contributed by atoms with Gasteiger partial charge in [0.1, 0.15) is 9.84 Å². The van der Waals surface area contributed by atoms with E-state index in [1.54, 1.807) is 0 Å². The van der Waals surface area contributed by atoms with Crippen molar-refractivity contribution in [2.45, 2.75) is 44.7 Å². The number of nitrogens with one attached hydrogen (secondary N) is 2. The largest absolute Gasteiger partial charge is 0.360 e. The van der Waals surface area contributed by atoms with Crippen molar-refractivity contribution >= 4 is 27.2 Å². The maximum atomic E-state index is 11.1. The number of sulfone groups is 1. The van der Waals surface area contributed by atoms with Gasteiger partial charge in [-0.15, -0.1) is 0 Å². The van der Waals surface area contributed by atoms with Crippen molar-refractivity contribution in [1.82, 2.24) is 10.6 Å². The lowest BCUT2D eigenvalue weighted by molar-refractivity contribution is 0.584. The second-order valence-electron chi connectivity index (χ2n) is 4.59. The van der Waals surface area contributed by atoms with Crippen molar-refractivity contribution in [3.8, 4) is 0 Å². The highest BCUT2D eigenvalue weighted by Crippen LogP contribution is 2.17. The molecule has 1 fully saturated rings. The minimum atomic E-state index is -2.95. The van der Waals surface area contributed by atoms with Gasteiger partial charge in [0.25, 0.3) is 0 Å². The van der Waals surface area contributed by atoms with Gasteiger partial charge in [-0.1, -0.05) is 12.8 Å². The van der Waals surface area contributed by atoms with Crippen LogP contribution in [0.3, 0.4) is 0 Å². The van der Waals surface area contributed by atoms with Gasteiger partial charge in [0.15, 0.2) is 5.11 Å². The minimum Gasteiger partial charge on any atom is -0.360 e. The normalized spacial score (nSPS) is 19.4. The molecule has 0 aromatic heterocycles. The molecule has 0 aromatic carbocycles. The summed E-state index contributed by atoms with van der Waals surface area (Å²) in [5, 5.41) is 6.80. The van der Waals surface area contributed by atoms with Crippen LogP contribution in [0.15, 0.2) is 0 Å². The van der Waals surface area contributed by atoms with E-state index in [4.69, 9.17) is 12.2 Å². The van der Waals surface area contributed by atoms with Gasteiger partial charge in [-0.05, 0) is 32.0 Å². The first-order valence-electron chi connectivity index (χ1n) is 5.61. The second-order valence-corrected chi connectivity index (χ2v) is 7.19. The molecule has 0 aliphatic heterocycles.